The third-order valence-corrected chi connectivity index (χ3v) is 5.80. The summed E-state index contributed by atoms with van der Waals surface area (Å²) in [6.07, 6.45) is 4.43. The molecule has 4 rings (SSSR count). The van der Waals surface area contributed by atoms with E-state index < -0.39 is 0 Å². The zero-order chi connectivity index (χ0) is 18.1. The van der Waals surface area contributed by atoms with Crippen molar-refractivity contribution in [1.29, 1.82) is 0 Å². The quantitative estimate of drug-likeness (QED) is 0.917. The maximum absolute atomic E-state index is 5.99. The van der Waals surface area contributed by atoms with E-state index >= 15 is 0 Å². The van der Waals surface area contributed by atoms with E-state index in [1.165, 1.54) is 18.4 Å². The van der Waals surface area contributed by atoms with E-state index in [4.69, 9.17) is 15.7 Å². The lowest BCUT2D eigenvalue weighted by Gasteiger charge is -2.35. The molecule has 1 aromatic carbocycles. The summed E-state index contributed by atoms with van der Waals surface area (Å²) in [4.78, 5) is 14.0. The van der Waals surface area contributed by atoms with Crippen LogP contribution in [0.4, 0.5) is 11.8 Å². The van der Waals surface area contributed by atoms with E-state index in [1.807, 2.05) is 19.0 Å². The second-order valence-electron chi connectivity index (χ2n) is 7.95. The fourth-order valence-electron chi connectivity index (χ4n) is 4.08. The molecule has 0 spiro atoms. The molecule has 0 radical (unpaired) electrons. The van der Waals surface area contributed by atoms with Crippen LogP contribution in [0.25, 0.3) is 0 Å². The van der Waals surface area contributed by atoms with E-state index in [-0.39, 0.29) is 0 Å². The van der Waals surface area contributed by atoms with Crippen molar-refractivity contribution in [3.05, 3.63) is 47.7 Å². The summed E-state index contributed by atoms with van der Waals surface area (Å²) in [5.74, 6) is 3.04. The lowest BCUT2D eigenvalue weighted by molar-refractivity contribution is 0.345. The summed E-state index contributed by atoms with van der Waals surface area (Å²) >= 11 is 0. The molecular weight excluding hydrogens is 322 g/mol. The lowest BCUT2D eigenvalue weighted by atomic mass is 9.78. The highest BCUT2D eigenvalue weighted by Gasteiger charge is 2.30. The van der Waals surface area contributed by atoms with Gasteiger partial charge < -0.3 is 15.5 Å². The minimum Gasteiger partial charge on any atom is -0.356 e. The van der Waals surface area contributed by atoms with Gasteiger partial charge in [0.1, 0.15) is 5.82 Å². The number of hydrogen-bond acceptors (Lipinski definition) is 5. The number of aromatic nitrogens is 2. The molecule has 0 bridgehead atoms. The summed E-state index contributed by atoms with van der Waals surface area (Å²) in [6, 6.07) is 13.4. The molecule has 26 heavy (non-hydrogen) atoms. The third-order valence-electron chi connectivity index (χ3n) is 5.80. The molecule has 5 nitrogen and oxygen atoms in total. The van der Waals surface area contributed by atoms with Gasteiger partial charge in [-0.1, -0.05) is 30.3 Å². The van der Waals surface area contributed by atoms with Gasteiger partial charge >= 0.3 is 0 Å². The van der Waals surface area contributed by atoms with Gasteiger partial charge in [0.05, 0.1) is 5.69 Å². The minimum absolute atomic E-state index is 0.336. The Kier molecular flexibility index (Phi) is 4.81. The summed E-state index contributed by atoms with van der Waals surface area (Å²) in [7, 11) is 4.02. The molecule has 1 aliphatic heterocycles. The van der Waals surface area contributed by atoms with Crippen molar-refractivity contribution in [2.24, 2.45) is 5.73 Å². The maximum atomic E-state index is 5.99. The minimum atomic E-state index is 0.336. The van der Waals surface area contributed by atoms with Crippen LogP contribution in [0.15, 0.2) is 36.4 Å². The van der Waals surface area contributed by atoms with E-state index in [1.54, 1.807) is 0 Å². The monoisotopic (exact) mass is 351 g/mol. The molecule has 5 heteroatoms. The molecule has 0 unspecified atom stereocenters. The number of anilines is 2. The van der Waals surface area contributed by atoms with Crippen LogP contribution in [0, 0.1) is 0 Å². The molecule has 1 saturated carbocycles. The maximum Gasteiger partial charge on any atom is 0.227 e. The smallest absolute Gasteiger partial charge is 0.227 e. The van der Waals surface area contributed by atoms with Crippen LogP contribution in [0.1, 0.15) is 48.8 Å². The van der Waals surface area contributed by atoms with Crippen LogP contribution >= 0.6 is 0 Å². The Bertz CT molecular complexity index is 731. The van der Waals surface area contributed by atoms with Crippen molar-refractivity contribution in [2.75, 3.05) is 37.0 Å². The SMILES string of the molecule is CN(C)c1nc(C2CC(N)C2)cc(N2CCC(c3ccccc3)CC2)n1. The summed E-state index contributed by atoms with van der Waals surface area (Å²) in [6.45, 7) is 2.10. The number of nitrogens with two attached hydrogens (primary N) is 1. The standard InChI is InChI=1S/C21H29N5/c1-25(2)21-23-19(17-12-18(22)13-17)14-20(24-21)26-10-8-16(9-11-26)15-6-4-3-5-7-15/h3-7,14,16-18H,8-13,22H2,1-2H3. The molecule has 1 aliphatic carbocycles. The summed E-state index contributed by atoms with van der Waals surface area (Å²) in [5.41, 5.74) is 8.61. The van der Waals surface area contributed by atoms with E-state index in [9.17, 15) is 0 Å². The molecule has 0 amide bonds. The van der Waals surface area contributed by atoms with Crippen molar-refractivity contribution >= 4 is 11.8 Å². The molecular formula is C21H29N5. The molecule has 1 aromatic heterocycles. The molecule has 2 aliphatic rings. The molecule has 0 atom stereocenters. The fraction of sp³-hybridized carbons (Fsp3) is 0.524. The van der Waals surface area contributed by atoms with E-state index in [0.29, 0.717) is 17.9 Å². The van der Waals surface area contributed by atoms with Gasteiger partial charge in [0.15, 0.2) is 0 Å². The molecule has 2 N–H and O–H groups in total. The third kappa shape index (κ3) is 3.54. The van der Waals surface area contributed by atoms with Crippen LogP contribution in [-0.4, -0.2) is 43.2 Å². The molecule has 138 valence electrons. The Morgan fingerprint density at radius 1 is 1.00 bits per heavy atom. The van der Waals surface area contributed by atoms with E-state index in [0.717, 1.165) is 43.4 Å². The van der Waals surface area contributed by atoms with Crippen molar-refractivity contribution < 1.29 is 0 Å². The van der Waals surface area contributed by atoms with Gasteiger partial charge in [0.25, 0.3) is 0 Å². The largest absolute Gasteiger partial charge is 0.356 e. The first-order chi connectivity index (χ1) is 12.6. The highest BCUT2D eigenvalue weighted by atomic mass is 15.3. The van der Waals surface area contributed by atoms with Crippen LogP contribution < -0.4 is 15.5 Å². The Labute approximate surface area is 156 Å². The number of benzene rings is 1. The van der Waals surface area contributed by atoms with Crippen molar-refractivity contribution in [3.63, 3.8) is 0 Å². The lowest BCUT2D eigenvalue weighted by Crippen LogP contribution is -2.36. The second kappa shape index (κ2) is 7.23. The highest BCUT2D eigenvalue weighted by molar-refractivity contribution is 5.47. The first-order valence-electron chi connectivity index (χ1n) is 9.72. The Balaban J connectivity index is 1.50. The Hall–Kier alpha value is -2.14. The van der Waals surface area contributed by atoms with Crippen LogP contribution in [0.5, 0.6) is 0 Å². The van der Waals surface area contributed by atoms with Crippen molar-refractivity contribution in [1.82, 2.24) is 9.97 Å². The second-order valence-corrected chi connectivity index (χ2v) is 7.95. The number of rotatable bonds is 4. The highest BCUT2D eigenvalue weighted by Crippen LogP contribution is 2.37. The first kappa shape index (κ1) is 17.3. The number of piperidine rings is 1. The Morgan fingerprint density at radius 2 is 1.69 bits per heavy atom. The van der Waals surface area contributed by atoms with Gasteiger partial charge in [-0.3, -0.25) is 0 Å². The molecule has 2 heterocycles. The molecule has 1 saturated heterocycles. The first-order valence-corrected chi connectivity index (χ1v) is 9.72. The summed E-state index contributed by atoms with van der Waals surface area (Å²) in [5, 5.41) is 0. The van der Waals surface area contributed by atoms with Gasteiger partial charge in [-0.05, 0) is 37.2 Å². The zero-order valence-corrected chi connectivity index (χ0v) is 15.8. The number of hydrogen-bond donors (Lipinski definition) is 1. The number of nitrogens with zero attached hydrogens (tertiary/aromatic N) is 4. The van der Waals surface area contributed by atoms with Crippen LogP contribution in [-0.2, 0) is 0 Å². The van der Waals surface area contributed by atoms with Gasteiger partial charge in [-0.25, -0.2) is 4.98 Å². The van der Waals surface area contributed by atoms with Gasteiger partial charge in [-0.15, -0.1) is 0 Å². The molecule has 2 fully saturated rings. The average Bonchev–Trinajstić information content (AvgIpc) is 2.66. The van der Waals surface area contributed by atoms with Crippen LogP contribution in [0.2, 0.25) is 0 Å². The van der Waals surface area contributed by atoms with E-state index in [2.05, 4.69) is 41.3 Å². The zero-order valence-electron chi connectivity index (χ0n) is 15.8. The van der Waals surface area contributed by atoms with Crippen LogP contribution in [0.3, 0.4) is 0 Å². The fourth-order valence-corrected chi connectivity index (χ4v) is 4.08. The predicted octanol–water partition coefficient (Wildman–Crippen LogP) is 3.13. The molecule has 2 aromatic rings. The van der Waals surface area contributed by atoms with Crippen molar-refractivity contribution in [2.45, 2.75) is 43.6 Å². The van der Waals surface area contributed by atoms with Gasteiger partial charge in [0.2, 0.25) is 5.95 Å². The summed E-state index contributed by atoms with van der Waals surface area (Å²) < 4.78 is 0. The van der Waals surface area contributed by atoms with Gasteiger partial charge in [-0.2, -0.15) is 4.98 Å². The predicted molar refractivity (Wildman–Crippen MR) is 107 cm³/mol. The van der Waals surface area contributed by atoms with Crippen molar-refractivity contribution in [3.8, 4) is 0 Å². The normalized spacial score (nSPS) is 23.6. The topological polar surface area (TPSA) is 58.3 Å². The van der Waals surface area contributed by atoms with Gasteiger partial charge in [0, 0.05) is 45.2 Å². The average molecular weight is 351 g/mol. The Morgan fingerprint density at radius 3 is 2.31 bits per heavy atom.